The molecule has 0 amide bonds. The number of carbonyl (C=O) groups is 2. The van der Waals surface area contributed by atoms with Crippen molar-refractivity contribution in [3.8, 4) is 0 Å². The van der Waals surface area contributed by atoms with E-state index in [1.54, 1.807) is 0 Å². The van der Waals surface area contributed by atoms with Crippen LogP contribution in [-0.4, -0.2) is 34.4 Å². The highest BCUT2D eigenvalue weighted by atomic mass is 16.5. The molecule has 0 saturated heterocycles. The number of carboxylic acids is 1. The second-order valence-corrected chi connectivity index (χ2v) is 15.0. The van der Waals surface area contributed by atoms with E-state index in [0.29, 0.717) is 54.4 Å². The van der Waals surface area contributed by atoms with E-state index in [4.69, 9.17) is 4.74 Å². The molecule has 0 heterocycles. The molecule has 0 aromatic rings. The molecule has 4 aliphatic rings. The summed E-state index contributed by atoms with van der Waals surface area (Å²) < 4.78 is 6.01. The van der Waals surface area contributed by atoms with Gasteiger partial charge in [-0.15, -0.1) is 0 Å². The maximum Gasteiger partial charge on any atom is 0.331 e. The molecule has 4 aliphatic carbocycles. The lowest BCUT2D eigenvalue weighted by Gasteiger charge is -2.70. The molecule has 5 heteroatoms. The summed E-state index contributed by atoms with van der Waals surface area (Å²) in [6.07, 6.45) is 8.27. The number of hydrogen-bond donors (Lipinski definition) is 2. The van der Waals surface area contributed by atoms with Crippen molar-refractivity contribution in [1.29, 1.82) is 0 Å². The predicted octanol–water partition coefficient (Wildman–Crippen LogP) is 7.58. The topological polar surface area (TPSA) is 83.8 Å². The van der Waals surface area contributed by atoms with Crippen LogP contribution in [0.1, 0.15) is 114 Å². The van der Waals surface area contributed by atoms with Crippen LogP contribution in [0.5, 0.6) is 0 Å². The monoisotopic (exact) mass is 542 g/mol. The Bertz CT molecular complexity index is 1040. The number of aliphatic hydroxyl groups is 1. The Hall–Kier alpha value is -1.62. The fourth-order valence-corrected chi connectivity index (χ4v) is 10.6. The Morgan fingerprint density at radius 2 is 1.74 bits per heavy atom. The summed E-state index contributed by atoms with van der Waals surface area (Å²) in [6, 6.07) is 0. The van der Waals surface area contributed by atoms with E-state index in [9.17, 15) is 19.8 Å². The van der Waals surface area contributed by atoms with Crippen molar-refractivity contribution in [3.63, 3.8) is 0 Å². The molecule has 39 heavy (non-hydrogen) atoms. The van der Waals surface area contributed by atoms with Crippen LogP contribution in [0.3, 0.4) is 0 Å². The molecule has 4 rings (SSSR count). The molecule has 4 fully saturated rings. The van der Waals surface area contributed by atoms with Crippen molar-refractivity contribution < 1.29 is 24.5 Å². The fourth-order valence-electron chi connectivity index (χ4n) is 10.6. The average Bonchev–Trinajstić information content (AvgIpc) is 3.10. The fraction of sp³-hybridized carbons (Fsp3) is 0.824. The molecule has 0 aromatic heterocycles. The number of ether oxygens (including phenoxy) is 1. The molecule has 220 valence electrons. The highest BCUT2D eigenvalue weighted by Gasteiger charge is 2.71. The summed E-state index contributed by atoms with van der Waals surface area (Å²) in [6.45, 7) is 19.9. The van der Waals surface area contributed by atoms with Crippen LogP contribution in [0.15, 0.2) is 22.8 Å². The molecular weight excluding hydrogens is 488 g/mol. The molecule has 4 saturated carbocycles. The second kappa shape index (κ2) is 10.7. The van der Waals surface area contributed by atoms with Gasteiger partial charge in [0.15, 0.2) is 0 Å². The van der Waals surface area contributed by atoms with E-state index in [2.05, 4.69) is 47.6 Å². The molecule has 0 aliphatic heterocycles. The quantitative estimate of drug-likeness (QED) is 0.205. The normalized spacial score (nSPS) is 44.6. The summed E-state index contributed by atoms with van der Waals surface area (Å²) in [5.74, 6) is 1.07. The Balaban J connectivity index is 1.88. The van der Waals surface area contributed by atoms with Crippen LogP contribution in [0.2, 0.25) is 0 Å². The first-order valence-corrected chi connectivity index (χ1v) is 15.5. The van der Waals surface area contributed by atoms with Crippen LogP contribution in [0.25, 0.3) is 0 Å². The summed E-state index contributed by atoms with van der Waals surface area (Å²) in [4.78, 5) is 25.2. The van der Waals surface area contributed by atoms with Crippen molar-refractivity contribution in [2.45, 2.75) is 126 Å². The van der Waals surface area contributed by atoms with E-state index in [1.807, 2.05) is 13.8 Å². The molecule has 0 aromatic carbocycles. The van der Waals surface area contributed by atoms with Gasteiger partial charge >= 0.3 is 11.9 Å². The van der Waals surface area contributed by atoms with Gasteiger partial charge in [-0.05, 0) is 123 Å². The zero-order valence-corrected chi connectivity index (χ0v) is 26.0. The molecule has 10 atom stereocenters. The molecule has 0 radical (unpaired) electrons. The first-order chi connectivity index (χ1) is 18.1. The van der Waals surface area contributed by atoms with Crippen molar-refractivity contribution in [3.05, 3.63) is 22.8 Å². The van der Waals surface area contributed by atoms with E-state index in [1.165, 1.54) is 12.5 Å². The Morgan fingerprint density at radius 3 is 2.31 bits per heavy atom. The first-order valence-electron chi connectivity index (χ1n) is 15.5. The molecule has 2 N–H and O–H groups in total. The third-order valence-electron chi connectivity index (χ3n) is 12.5. The van der Waals surface area contributed by atoms with Crippen molar-refractivity contribution in [1.82, 2.24) is 0 Å². The Morgan fingerprint density at radius 1 is 1.08 bits per heavy atom. The van der Waals surface area contributed by atoms with Crippen LogP contribution < -0.4 is 0 Å². The van der Waals surface area contributed by atoms with Gasteiger partial charge in [-0.3, -0.25) is 4.79 Å². The molecule has 0 spiro atoms. The highest BCUT2D eigenvalue weighted by molar-refractivity contribution is 5.88. The van der Waals surface area contributed by atoms with Crippen molar-refractivity contribution in [2.24, 2.45) is 51.8 Å². The van der Waals surface area contributed by atoms with Crippen molar-refractivity contribution in [2.75, 3.05) is 0 Å². The second-order valence-electron chi connectivity index (χ2n) is 15.0. The van der Waals surface area contributed by atoms with E-state index in [0.717, 1.165) is 37.7 Å². The van der Waals surface area contributed by atoms with Gasteiger partial charge in [0.1, 0.15) is 6.10 Å². The van der Waals surface area contributed by atoms with E-state index in [-0.39, 0.29) is 34.2 Å². The Kier molecular flexibility index (Phi) is 8.29. The zero-order chi connectivity index (χ0) is 29.1. The van der Waals surface area contributed by atoms with Gasteiger partial charge in [0, 0.05) is 12.5 Å². The number of esters is 1. The number of aliphatic hydroxyl groups excluding tert-OH is 1. The van der Waals surface area contributed by atoms with Gasteiger partial charge in [-0.2, -0.15) is 0 Å². The first kappa shape index (κ1) is 30.3. The van der Waals surface area contributed by atoms with Crippen LogP contribution in [-0.2, 0) is 14.3 Å². The standard InChI is InChI=1S/C34H54O5/c1-19(2)11-10-12-23(31(37)38)29-26-17-24(20(3)4)30-32(7)15-14-27(36)21(5)25(32)13-16-33(30,8)34(26,9)18-28(29)39-22(6)35/h11,20-21,24-28,30,36H,10,12-18H2,1-9H3,(H,37,38)/b29-23-/t21-,24?,25-,26-,27+,28-,30-,32-,33-,34-/m0/s1. The van der Waals surface area contributed by atoms with E-state index < -0.39 is 12.1 Å². The van der Waals surface area contributed by atoms with Crippen LogP contribution in [0.4, 0.5) is 0 Å². The van der Waals surface area contributed by atoms with Crippen LogP contribution in [0, 0.1) is 51.8 Å². The average molecular weight is 543 g/mol. The van der Waals surface area contributed by atoms with Crippen LogP contribution >= 0.6 is 0 Å². The van der Waals surface area contributed by atoms with Gasteiger partial charge < -0.3 is 14.9 Å². The molecule has 0 bridgehead atoms. The van der Waals surface area contributed by atoms with Gasteiger partial charge in [-0.1, -0.05) is 53.2 Å². The maximum absolute atomic E-state index is 12.8. The summed E-state index contributed by atoms with van der Waals surface area (Å²) in [7, 11) is 0. The molecular formula is C34H54O5. The summed E-state index contributed by atoms with van der Waals surface area (Å²) in [5.41, 5.74) is 2.50. The van der Waals surface area contributed by atoms with E-state index >= 15 is 0 Å². The van der Waals surface area contributed by atoms with Crippen molar-refractivity contribution >= 4 is 11.9 Å². The minimum absolute atomic E-state index is 0.0121. The number of rotatable bonds is 6. The maximum atomic E-state index is 12.8. The number of allylic oxidation sites excluding steroid dienone is 2. The minimum atomic E-state index is -0.868. The largest absolute Gasteiger partial charge is 0.478 e. The van der Waals surface area contributed by atoms with Gasteiger partial charge in [-0.25, -0.2) is 4.79 Å². The lowest BCUT2D eigenvalue weighted by molar-refractivity contribution is -0.225. The highest BCUT2D eigenvalue weighted by Crippen LogP contribution is 2.76. The zero-order valence-electron chi connectivity index (χ0n) is 26.0. The molecule has 5 nitrogen and oxygen atoms in total. The third kappa shape index (κ3) is 4.83. The van der Waals surface area contributed by atoms with Gasteiger partial charge in [0.25, 0.3) is 0 Å². The smallest absolute Gasteiger partial charge is 0.331 e. The van der Waals surface area contributed by atoms with Gasteiger partial charge in [0.2, 0.25) is 0 Å². The SMILES string of the molecule is CC(=O)O[C@H]1C[C@@]2(C)[C@@H](CC(C(C)C)[C@H]3[C@@]4(C)CC[C@@H](O)[C@@H](C)[C@@H]4CC[C@@]32C)/C1=C(\CCC=C(C)C)C(=O)O. The summed E-state index contributed by atoms with van der Waals surface area (Å²) in [5, 5.41) is 21.3. The molecule has 1 unspecified atom stereocenters. The predicted molar refractivity (Wildman–Crippen MR) is 155 cm³/mol. The third-order valence-corrected chi connectivity index (χ3v) is 12.5. The van der Waals surface area contributed by atoms with Gasteiger partial charge in [0.05, 0.1) is 6.10 Å². The number of carboxylic acid groups (broad SMARTS) is 1. The number of fused-ring (bicyclic) bond motifs is 5. The lowest BCUT2D eigenvalue weighted by Crippen LogP contribution is -2.64. The number of carbonyl (C=O) groups excluding carboxylic acids is 1. The number of aliphatic carboxylic acids is 1. The minimum Gasteiger partial charge on any atom is -0.478 e. The number of hydrogen-bond acceptors (Lipinski definition) is 4. The Labute approximate surface area is 236 Å². The summed E-state index contributed by atoms with van der Waals surface area (Å²) >= 11 is 0. The lowest BCUT2D eigenvalue weighted by atomic mass is 9.34.